The van der Waals surface area contributed by atoms with E-state index < -0.39 is 240 Å². The topological polar surface area (TPSA) is 741 Å². The molecule has 0 radical (unpaired) electrons. The largest absolute Gasteiger partial charge is 2.00 e. The SMILES string of the molecule is O=P([O-])([O-])[O-].O=P([O-])([O-])[O-].OC[C@H]1O[C@@H](O[C@H]2[C@H](O)[C@@H](O)[C@@H](O)O[C@@H]2CO)[C@H](O)[C@@H](O)[C@H]1O.OC[C@H]1O[C@@H](O[C@H]2[C@H](O)[C@@H](O)[C@@H](O)O[C@@H]2CO)[C@H](O)[C@@H](O)[C@H]1O.OC[C@H]1O[C@@H](O[C@H]2[C@H](O)[C@@H](O)[C@@H](O)O[C@@H]2CO)[C@H](O)[C@@H](O)[C@H]1O.[Ca+2].[Ca+2].[Ca+2]. The minimum absolute atomic E-state index is 0. The molecule has 46 heteroatoms. The van der Waals surface area contributed by atoms with Gasteiger partial charge in [0, 0.05) is 0 Å². The summed E-state index contributed by atoms with van der Waals surface area (Å²) in [6.07, 6.45) is -46.7. The molecule has 41 nitrogen and oxygen atoms in total. The quantitative estimate of drug-likeness (QED) is 0.0637. The molecule has 6 heterocycles. The molecule has 0 aromatic carbocycles. The van der Waals surface area contributed by atoms with E-state index >= 15 is 0 Å². The maximum atomic E-state index is 9.94. The molecular formula is C36H66Ca3O41P2. The standard InChI is InChI=1S/3C12H22O11.3Ca.2H3O4P/c3*13-1-3-5(15)6(16)9(19)12(22-3)23-10-4(2-14)21-11(20)8(18)7(10)17;;;;2*1-5(2,3)4/h3*3-20H,1-2H2;;;;2*(H3,1,2,3,4)/q;;;3*+2;;/p-6/t3*3-,4-,5+,6+,7-,8-,9-,10-,11+,12+;;;;;/m111...../s1. The van der Waals surface area contributed by atoms with Crippen LogP contribution in [0.25, 0.3) is 0 Å². The van der Waals surface area contributed by atoms with Gasteiger partial charge < -0.3 is 204 Å². The maximum Gasteiger partial charge on any atom is 2.00 e. The summed E-state index contributed by atoms with van der Waals surface area (Å²) in [4.78, 5) is 51.3. The monoisotopic (exact) mass is 1340 g/mol. The fraction of sp³-hybridized carbons (Fsp3) is 1.00. The zero-order valence-electron chi connectivity index (χ0n) is 42.3. The van der Waals surface area contributed by atoms with E-state index in [0.717, 1.165) is 0 Å². The van der Waals surface area contributed by atoms with Crippen molar-refractivity contribution in [2.24, 2.45) is 0 Å². The first-order valence-corrected chi connectivity index (χ1v) is 25.6. The molecule has 24 N–H and O–H groups in total. The third kappa shape index (κ3) is 25.6. The van der Waals surface area contributed by atoms with Crippen LogP contribution in [0, 0.1) is 0 Å². The Morgan fingerprint density at radius 2 is 0.439 bits per heavy atom. The van der Waals surface area contributed by atoms with Gasteiger partial charge >= 0.3 is 113 Å². The Labute approximate surface area is 551 Å². The molecule has 0 unspecified atom stereocenters. The van der Waals surface area contributed by atoms with Crippen molar-refractivity contribution >= 4 is 129 Å². The molecule has 0 saturated carbocycles. The van der Waals surface area contributed by atoms with Gasteiger partial charge in [-0.1, -0.05) is 0 Å². The van der Waals surface area contributed by atoms with Crippen LogP contribution in [0.5, 0.6) is 0 Å². The summed E-state index contributed by atoms with van der Waals surface area (Å²) in [5.74, 6) is 0. The van der Waals surface area contributed by atoms with Gasteiger partial charge in [-0.3, -0.25) is 0 Å². The predicted octanol–water partition coefficient (Wildman–Crippen LogP) is -23.0. The van der Waals surface area contributed by atoms with E-state index in [1.54, 1.807) is 0 Å². The number of rotatable bonds is 12. The van der Waals surface area contributed by atoms with Crippen molar-refractivity contribution in [1.82, 2.24) is 0 Å². The summed E-state index contributed by atoms with van der Waals surface area (Å²) in [5.41, 5.74) is 0. The van der Waals surface area contributed by atoms with Gasteiger partial charge in [0.15, 0.2) is 37.7 Å². The number of ether oxygens (including phenoxy) is 9. The smallest absolute Gasteiger partial charge is 0.822 e. The Morgan fingerprint density at radius 3 is 0.598 bits per heavy atom. The molecule has 472 valence electrons. The average Bonchev–Trinajstić information content (AvgIpc) is 3.38. The number of hydrogen-bond acceptors (Lipinski definition) is 41. The minimum Gasteiger partial charge on any atom is -0.822 e. The van der Waals surface area contributed by atoms with Crippen molar-refractivity contribution in [3.05, 3.63) is 0 Å². The summed E-state index contributed by atoms with van der Waals surface area (Å²) in [7, 11) is -10.8. The van der Waals surface area contributed by atoms with E-state index in [4.69, 9.17) is 96.4 Å². The van der Waals surface area contributed by atoms with Crippen molar-refractivity contribution in [2.45, 2.75) is 184 Å². The molecule has 0 aromatic rings. The van der Waals surface area contributed by atoms with Gasteiger partial charge in [0.2, 0.25) is 0 Å². The second-order valence-corrected chi connectivity index (χ2v) is 19.3. The second kappa shape index (κ2) is 39.9. The fourth-order valence-electron chi connectivity index (χ4n) is 7.71. The van der Waals surface area contributed by atoms with Crippen LogP contribution in [-0.4, -0.2) is 460 Å². The Hall–Kier alpha value is 2.68. The van der Waals surface area contributed by atoms with Crippen molar-refractivity contribution in [1.29, 1.82) is 0 Å². The normalized spacial score (nSPS) is 44.9. The van der Waals surface area contributed by atoms with Gasteiger partial charge in [0.25, 0.3) is 0 Å². The van der Waals surface area contributed by atoms with Gasteiger partial charge in [0.1, 0.15) is 146 Å². The summed E-state index contributed by atoms with van der Waals surface area (Å²) < 4.78 is 62.9. The van der Waals surface area contributed by atoms with Gasteiger partial charge in [-0.15, -0.1) is 0 Å². The van der Waals surface area contributed by atoms with Gasteiger partial charge in [-0.25, -0.2) is 0 Å². The van der Waals surface area contributed by atoms with Gasteiger partial charge in [-0.2, -0.15) is 15.6 Å². The Morgan fingerprint density at radius 1 is 0.268 bits per heavy atom. The molecule has 0 amide bonds. The van der Waals surface area contributed by atoms with E-state index in [-0.39, 0.29) is 113 Å². The molecule has 6 aliphatic heterocycles. The average molecular weight is 1340 g/mol. The van der Waals surface area contributed by atoms with Crippen LogP contribution in [0.15, 0.2) is 0 Å². The Bertz CT molecular complexity index is 1610. The predicted molar refractivity (Wildman–Crippen MR) is 238 cm³/mol. The zero-order chi connectivity index (χ0) is 60.9. The van der Waals surface area contributed by atoms with E-state index in [1.807, 2.05) is 0 Å². The van der Waals surface area contributed by atoms with Crippen LogP contribution in [0.4, 0.5) is 0 Å². The molecule has 6 rings (SSSR count). The molecule has 0 bridgehead atoms. The molecule has 6 saturated heterocycles. The van der Waals surface area contributed by atoms with Crippen LogP contribution in [0.1, 0.15) is 0 Å². The molecule has 6 aliphatic rings. The summed E-state index contributed by atoms with van der Waals surface area (Å²) in [6.45, 7) is -4.04. The molecule has 30 atom stereocenters. The summed E-state index contributed by atoms with van der Waals surface area (Å²) in [5, 5.41) is 229. The van der Waals surface area contributed by atoms with E-state index in [0.29, 0.717) is 0 Å². The number of phosphoric acid groups is 2. The molecule has 82 heavy (non-hydrogen) atoms. The first kappa shape index (κ1) is 86.7. The first-order chi connectivity index (χ1) is 36.4. The second-order valence-electron chi connectivity index (χ2n) is 17.5. The van der Waals surface area contributed by atoms with E-state index in [2.05, 4.69) is 0 Å². The first-order valence-electron chi connectivity index (χ1n) is 22.7. The fourth-order valence-corrected chi connectivity index (χ4v) is 7.71. The van der Waals surface area contributed by atoms with Crippen molar-refractivity contribution in [3.8, 4) is 0 Å². The molecule has 0 aliphatic carbocycles. The van der Waals surface area contributed by atoms with Crippen molar-refractivity contribution in [3.63, 3.8) is 0 Å². The van der Waals surface area contributed by atoms with Crippen LogP contribution >= 0.6 is 15.6 Å². The minimum atomic E-state index is -5.39. The summed E-state index contributed by atoms with van der Waals surface area (Å²) in [6, 6.07) is 0. The number of aliphatic hydroxyl groups is 24. The van der Waals surface area contributed by atoms with Crippen LogP contribution in [0.3, 0.4) is 0 Å². The number of hydrogen-bond donors (Lipinski definition) is 24. The molecular weight excluding hydrogens is 1270 g/mol. The molecule has 0 aromatic heterocycles. The van der Waals surface area contributed by atoms with E-state index in [9.17, 15) is 107 Å². The van der Waals surface area contributed by atoms with E-state index in [1.165, 1.54) is 0 Å². The molecule has 6 fully saturated rings. The van der Waals surface area contributed by atoms with Crippen molar-refractivity contribution < 1.29 is 204 Å². The summed E-state index contributed by atoms with van der Waals surface area (Å²) >= 11 is 0. The van der Waals surface area contributed by atoms with Gasteiger partial charge in [-0.05, 0) is 0 Å². The third-order valence-corrected chi connectivity index (χ3v) is 11.9. The molecule has 0 spiro atoms. The van der Waals surface area contributed by atoms with Crippen LogP contribution < -0.4 is 29.4 Å². The maximum absolute atomic E-state index is 9.94. The third-order valence-electron chi connectivity index (χ3n) is 11.9. The number of aliphatic hydroxyl groups excluding tert-OH is 24. The zero-order valence-corrected chi connectivity index (χ0v) is 50.7. The Balaban J connectivity index is 0. The van der Waals surface area contributed by atoms with Crippen LogP contribution in [0.2, 0.25) is 0 Å². The van der Waals surface area contributed by atoms with Gasteiger partial charge in [0.05, 0.1) is 39.6 Å². The Kier molecular flexibility index (Phi) is 42.2. The van der Waals surface area contributed by atoms with Crippen LogP contribution in [-0.2, 0) is 51.8 Å². The van der Waals surface area contributed by atoms with Crippen molar-refractivity contribution in [2.75, 3.05) is 39.6 Å².